The molecule has 0 heterocycles. The first kappa shape index (κ1) is 27.1. The fourth-order valence-corrected chi connectivity index (χ4v) is 4.42. The van der Waals surface area contributed by atoms with Crippen LogP contribution >= 0.6 is 39.9 Å². The highest BCUT2D eigenvalue weighted by Crippen LogP contribution is 2.38. The molecule has 2 aromatic carbocycles. The van der Waals surface area contributed by atoms with E-state index in [1.54, 1.807) is 0 Å². The Morgan fingerprint density at radius 3 is 2.30 bits per heavy atom. The Balaban J connectivity index is 0.00000450. The van der Waals surface area contributed by atoms with Crippen molar-refractivity contribution in [2.24, 2.45) is 5.41 Å². The Bertz CT molecular complexity index is 819. The van der Waals surface area contributed by atoms with Crippen LogP contribution in [0.15, 0.2) is 40.9 Å². The summed E-state index contributed by atoms with van der Waals surface area (Å²) in [5.74, 6) is 1.43. The molecule has 0 saturated carbocycles. The third-order valence-electron chi connectivity index (χ3n) is 4.44. The molecule has 0 aliphatic rings. The molecular formula is C24H34BrCl2NO2. The molecule has 1 N–H and O–H groups in total. The Morgan fingerprint density at radius 2 is 1.70 bits per heavy atom. The highest BCUT2D eigenvalue weighted by atomic mass is 79.9. The van der Waals surface area contributed by atoms with Gasteiger partial charge in [-0.1, -0.05) is 50.6 Å². The average molecular weight is 519 g/mol. The van der Waals surface area contributed by atoms with Crippen LogP contribution in [0, 0.1) is 5.41 Å². The van der Waals surface area contributed by atoms with E-state index >= 15 is 0 Å². The molecule has 3 nitrogen and oxygen atoms in total. The van der Waals surface area contributed by atoms with Crippen LogP contribution in [0.5, 0.6) is 11.5 Å². The Hall–Kier alpha value is -0.940. The highest BCUT2D eigenvalue weighted by Gasteiger charge is 2.25. The Morgan fingerprint density at radius 1 is 1.03 bits per heavy atom. The zero-order chi connectivity index (χ0) is 21.7. The molecule has 2 aromatic rings. The lowest BCUT2D eigenvalue weighted by Gasteiger charge is -2.33. The largest absolute Gasteiger partial charge is 0.490 e. The molecule has 6 heteroatoms. The number of hydrogen-bond acceptors (Lipinski definition) is 3. The van der Waals surface area contributed by atoms with Crippen LogP contribution in [0.3, 0.4) is 0 Å². The summed E-state index contributed by atoms with van der Waals surface area (Å²) in [5, 5.41) is 4.38. The minimum absolute atomic E-state index is 0. The first-order chi connectivity index (χ1) is 13.5. The van der Waals surface area contributed by atoms with Crippen LogP contribution in [0.4, 0.5) is 0 Å². The normalized spacial score (nSPS) is 11.7. The predicted molar refractivity (Wildman–Crippen MR) is 133 cm³/mol. The van der Waals surface area contributed by atoms with Gasteiger partial charge < -0.3 is 14.8 Å². The van der Waals surface area contributed by atoms with Crippen molar-refractivity contribution in [1.29, 1.82) is 0 Å². The zero-order valence-corrected chi connectivity index (χ0v) is 21.9. The molecule has 0 spiro atoms. The first-order valence-electron chi connectivity index (χ1n) is 10.1. The van der Waals surface area contributed by atoms with Crippen LogP contribution in [0.2, 0.25) is 5.02 Å². The number of nitrogens with one attached hydrogen (secondary N) is 1. The smallest absolute Gasteiger partial charge is 0.175 e. The van der Waals surface area contributed by atoms with E-state index in [-0.39, 0.29) is 23.4 Å². The number of rotatable bonds is 9. The number of benzene rings is 2. The van der Waals surface area contributed by atoms with Gasteiger partial charge in [-0.2, -0.15) is 0 Å². The average Bonchev–Trinajstić information content (AvgIpc) is 2.59. The van der Waals surface area contributed by atoms with Gasteiger partial charge in [-0.15, -0.1) is 12.4 Å². The van der Waals surface area contributed by atoms with E-state index < -0.39 is 0 Å². The van der Waals surface area contributed by atoms with E-state index in [4.69, 9.17) is 21.1 Å². The molecule has 2 rings (SSSR count). The molecule has 0 aliphatic heterocycles. The van der Waals surface area contributed by atoms with Gasteiger partial charge in [-0.3, -0.25) is 0 Å². The standard InChI is InChI=1S/C24H33BrClNO2.ClH/c1-7-28-21-13-17(14-27-24(5,6)16-23(2,3)4)12-19(25)22(21)29-15-18-10-8-9-11-20(18)26;/h8-13,27H,7,14-16H2,1-6H3;1H. The number of halogens is 3. The lowest BCUT2D eigenvalue weighted by atomic mass is 9.82. The van der Waals surface area contributed by atoms with Crippen LogP contribution < -0.4 is 14.8 Å². The summed E-state index contributed by atoms with van der Waals surface area (Å²) in [4.78, 5) is 0. The monoisotopic (exact) mass is 517 g/mol. The predicted octanol–water partition coefficient (Wildman–Crippen LogP) is 7.81. The summed E-state index contributed by atoms with van der Waals surface area (Å²) in [6, 6.07) is 11.8. The quantitative estimate of drug-likeness (QED) is 0.367. The van der Waals surface area contributed by atoms with Crippen molar-refractivity contribution in [1.82, 2.24) is 5.32 Å². The topological polar surface area (TPSA) is 30.5 Å². The van der Waals surface area contributed by atoms with E-state index in [0.29, 0.717) is 24.0 Å². The molecule has 0 bridgehead atoms. The molecule has 0 aromatic heterocycles. The second kappa shape index (κ2) is 11.6. The van der Waals surface area contributed by atoms with Gasteiger partial charge in [0.15, 0.2) is 11.5 Å². The maximum atomic E-state index is 6.25. The van der Waals surface area contributed by atoms with Gasteiger partial charge in [0.05, 0.1) is 11.1 Å². The summed E-state index contributed by atoms with van der Waals surface area (Å²) < 4.78 is 12.8. The second-order valence-corrected chi connectivity index (χ2v) is 10.5. The highest BCUT2D eigenvalue weighted by molar-refractivity contribution is 9.10. The molecule has 30 heavy (non-hydrogen) atoms. The van der Waals surface area contributed by atoms with Crippen LogP contribution in [-0.2, 0) is 13.2 Å². The lowest BCUT2D eigenvalue weighted by Crippen LogP contribution is -2.41. The third kappa shape index (κ3) is 8.66. The van der Waals surface area contributed by atoms with Crippen molar-refractivity contribution in [3.8, 4) is 11.5 Å². The van der Waals surface area contributed by atoms with E-state index in [1.165, 1.54) is 0 Å². The summed E-state index contributed by atoms with van der Waals surface area (Å²) in [5.41, 5.74) is 2.39. The van der Waals surface area contributed by atoms with Crippen molar-refractivity contribution in [3.63, 3.8) is 0 Å². The van der Waals surface area contributed by atoms with E-state index in [0.717, 1.165) is 34.3 Å². The summed E-state index contributed by atoms with van der Waals surface area (Å²) in [6.07, 6.45) is 1.08. The van der Waals surface area contributed by atoms with Crippen LogP contribution in [-0.4, -0.2) is 12.1 Å². The van der Waals surface area contributed by atoms with Gasteiger partial charge in [0.25, 0.3) is 0 Å². The molecule has 0 aliphatic carbocycles. The molecular weight excluding hydrogens is 485 g/mol. The molecule has 0 radical (unpaired) electrons. The zero-order valence-electron chi connectivity index (χ0n) is 18.8. The Labute approximate surface area is 201 Å². The number of hydrogen-bond donors (Lipinski definition) is 1. The summed E-state index contributed by atoms with van der Waals surface area (Å²) >= 11 is 9.92. The fraction of sp³-hybridized carbons (Fsp3) is 0.500. The van der Waals surface area contributed by atoms with E-state index in [2.05, 4.69) is 68.0 Å². The second-order valence-electron chi connectivity index (χ2n) is 9.19. The van der Waals surface area contributed by atoms with Crippen molar-refractivity contribution in [2.45, 2.75) is 66.7 Å². The van der Waals surface area contributed by atoms with Crippen LogP contribution in [0.1, 0.15) is 59.1 Å². The minimum Gasteiger partial charge on any atom is -0.490 e. The fourth-order valence-electron chi connectivity index (χ4n) is 3.62. The van der Waals surface area contributed by atoms with E-state index in [9.17, 15) is 0 Å². The SMILES string of the molecule is CCOc1cc(CNC(C)(C)CC(C)(C)C)cc(Br)c1OCc1ccccc1Cl.Cl. The molecule has 0 atom stereocenters. The van der Waals surface area contributed by atoms with Gasteiger partial charge in [0.1, 0.15) is 6.61 Å². The molecule has 0 fully saturated rings. The molecule has 0 amide bonds. The van der Waals surface area contributed by atoms with Crippen molar-refractivity contribution >= 4 is 39.9 Å². The van der Waals surface area contributed by atoms with Gasteiger partial charge in [0.2, 0.25) is 0 Å². The molecule has 168 valence electrons. The maximum Gasteiger partial charge on any atom is 0.175 e. The van der Waals surface area contributed by atoms with Crippen LogP contribution in [0.25, 0.3) is 0 Å². The Kier molecular flexibility index (Phi) is 10.5. The van der Waals surface area contributed by atoms with Crippen molar-refractivity contribution in [3.05, 3.63) is 57.0 Å². The summed E-state index contributed by atoms with van der Waals surface area (Å²) in [6.45, 7) is 15.0. The van der Waals surface area contributed by atoms with Crippen molar-refractivity contribution < 1.29 is 9.47 Å². The first-order valence-corrected chi connectivity index (χ1v) is 11.2. The summed E-state index contributed by atoms with van der Waals surface area (Å²) in [7, 11) is 0. The maximum absolute atomic E-state index is 6.25. The van der Waals surface area contributed by atoms with Gasteiger partial charge in [0, 0.05) is 22.7 Å². The molecule has 0 unspecified atom stereocenters. The lowest BCUT2D eigenvalue weighted by molar-refractivity contribution is 0.240. The molecule has 0 saturated heterocycles. The van der Waals surface area contributed by atoms with E-state index in [1.807, 2.05) is 31.2 Å². The van der Waals surface area contributed by atoms with Gasteiger partial charge in [-0.05, 0) is 72.3 Å². The van der Waals surface area contributed by atoms with Crippen molar-refractivity contribution in [2.75, 3.05) is 6.61 Å². The third-order valence-corrected chi connectivity index (χ3v) is 5.40. The number of ether oxygens (including phenoxy) is 2. The minimum atomic E-state index is 0. The van der Waals surface area contributed by atoms with Gasteiger partial charge >= 0.3 is 0 Å². The van der Waals surface area contributed by atoms with Gasteiger partial charge in [-0.25, -0.2) is 0 Å².